The van der Waals surface area contributed by atoms with E-state index in [1.54, 1.807) is 11.0 Å². The fourth-order valence-corrected chi connectivity index (χ4v) is 3.11. The molecule has 0 spiro atoms. The first-order valence-electron chi connectivity index (χ1n) is 7.42. The van der Waals surface area contributed by atoms with E-state index in [0.29, 0.717) is 5.92 Å². The average molecular weight is 298 g/mol. The van der Waals surface area contributed by atoms with Crippen LogP contribution in [0.2, 0.25) is 0 Å². The number of aliphatic hydroxyl groups excluding tert-OH is 1. The highest BCUT2D eigenvalue weighted by Crippen LogP contribution is 2.40. The molecular weight excluding hydrogens is 280 g/mol. The number of aliphatic hydroxyl groups is 1. The summed E-state index contributed by atoms with van der Waals surface area (Å²) >= 11 is 0. The zero-order valence-electron chi connectivity index (χ0n) is 12.3. The molecule has 1 atom stereocenters. The Hall–Kier alpha value is -2.41. The Kier molecular flexibility index (Phi) is 3.07. The normalized spacial score (nSPS) is 22.5. The van der Waals surface area contributed by atoms with Crippen molar-refractivity contribution in [3.8, 4) is 0 Å². The third-order valence-corrected chi connectivity index (χ3v) is 4.35. The lowest BCUT2D eigenvalue weighted by Crippen LogP contribution is -2.36. The van der Waals surface area contributed by atoms with Crippen LogP contribution in [-0.4, -0.2) is 35.9 Å². The van der Waals surface area contributed by atoms with Gasteiger partial charge in [-0.2, -0.15) is 5.10 Å². The van der Waals surface area contributed by atoms with Crippen LogP contribution in [0.1, 0.15) is 24.4 Å². The number of anilines is 1. The van der Waals surface area contributed by atoms with Gasteiger partial charge in [-0.05, 0) is 24.8 Å². The SMILES string of the molecule is Cn1cc(C(Nc2ncnc3[nH]ccc23)C2CC(O)C2)cn1. The van der Waals surface area contributed by atoms with Crippen LogP contribution in [0.3, 0.4) is 0 Å². The Balaban J connectivity index is 1.67. The Morgan fingerprint density at radius 1 is 1.41 bits per heavy atom. The molecule has 3 aromatic rings. The Morgan fingerprint density at radius 2 is 2.27 bits per heavy atom. The number of H-pyrrole nitrogens is 1. The topological polar surface area (TPSA) is 91.7 Å². The molecule has 1 aliphatic rings. The number of hydrogen-bond donors (Lipinski definition) is 3. The van der Waals surface area contributed by atoms with Crippen molar-refractivity contribution in [2.24, 2.45) is 13.0 Å². The lowest BCUT2D eigenvalue weighted by molar-refractivity contribution is 0.0339. The Labute approximate surface area is 127 Å². The van der Waals surface area contributed by atoms with Gasteiger partial charge in [0.15, 0.2) is 0 Å². The third kappa shape index (κ3) is 2.23. The molecule has 114 valence electrons. The minimum Gasteiger partial charge on any atom is -0.393 e. The first-order chi connectivity index (χ1) is 10.7. The van der Waals surface area contributed by atoms with Crippen molar-refractivity contribution in [3.05, 3.63) is 36.5 Å². The van der Waals surface area contributed by atoms with E-state index in [-0.39, 0.29) is 12.1 Å². The van der Waals surface area contributed by atoms with E-state index in [0.717, 1.165) is 35.3 Å². The lowest BCUT2D eigenvalue weighted by atomic mass is 9.75. The molecule has 4 rings (SSSR count). The van der Waals surface area contributed by atoms with E-state index in [1.807, 2.05) is 31.7 Å². The second kappa shape index (κ2) is 5.10. The number of aromatic amines is 1. The van der Waals surface area contributed by atoms with Crippen molar-refractivity contribution in [2.75, 3.05) is 5.32 Å². The number of fused-ring (bicyclic) bond motifs is 1. The molecule has 7 nitrogen and oxygen atoms in total. The van der Waals surface area contributed by atoms with Crippen LogP contribution in [0, 0.1) is 5.92 Å². The molecule has 3 aromatic heterocycles. The summed E-state index contributed by atoms with van der Waals surface area (Å²) in [5.41, 5.74) is 1.93. The van der Waals surface area contributed by atoms with Crippen LogP contribution >= 0.6 is 0 Å². The summed E-state index contributed by atoms with van der Waals surface area (Å²) in [6.07, 6.45) is 8.70. The molecule has 3 heterocycles. The maximum Gasteiger partial charge on any atom is 0.142 e. The lowest BCUT2D eigenvalue weighted by Gasteiger charge is -2.38. The molecule has 0 saturated heterocycles. The number of hydrogen-bond acceptors (Lipinski definition) is 5. The molecule has 1 fully saturated rings. The number of nitrogens with one attached hydrogen (secondary N) is 2. The molecule has 1 unspecified atom stereocenters. The largest absolute Gasteiger partial charge is 0.393 e. The van der Waals surface area contributed by atoms with Gasteiger partial charge < -0.3 is 15.4 Å². The van der Waals surface area contributed by atoms with Crippen molar-refractivity contribution < 1.29 is 5.11 Å². The average Bonchev–Trinajstić information content (AvgIpc) is 3.10. The number of aromatic nitrogens is 5. The zero-order chi connectivity index (χ0) is 15.1. The molecule has 0 bridgehead atoms. The summed E-state index contributed by atoms with van der Waals surface area (Å²) in [5.74, 6) is 1.18. The van der Waals surface area contributed by atoms with Gasteiger partial charge in [0.2, 0.25) is 0 Å². The second-order valence-electron chi connectivity index (χ2n) is 5.92. The highest BCUT2D eigenvalue weighted by Gasteiger charge is 2.35. The van der Waals surface area contributed by atoms with Crippen molar-refractivity contribution in [1.82, 2.24) is 24.7 Å². The molecule has 0 aromatic carbocycles. The zero-order valence-corrected chi connectivity index (χ0v) is 12.3. The van der Waals surface area contributed by atoms with Crippen LogP contribution in [0.5, 0.6) is 0 Å². The minimum atomic E-state index is -0.191. The molecule has 0 aliphatic heterocycles. The van der Waals surface area contributed by atoms with Gasteiger partial charge in [-0.15, -0.1) is 0 Å². The first kappa shape index (κ1) is 13.3. The standard InChI is InChI=1S/C15H18N6O/c1-21-7-10(6-19-21)13(9-4-11(22)5-9)20-15-12-2-3-16-14(12)17-8-18-15/h2-3,6-9,11,13,22H,4-5H2,1H3,(H2,16,17,18,20). The predicted octanol–water partition coefficient (Wildman–Crippen LogP) is 1.62. The van der Waals surface area contributed by atoms with Crippen LogP contribution in [0.15, 0.2) is 31.0 Å². The summed E-state index contributed by atoms with van der Waals surface area (Å²) in [6.45, 7) is 0. The molecule has 7 heteroatoms. The van der Waals surface area contributed by atoms with Crippen LogP contribution in [0.25, 0.3) is 11.0 Å². The van der Waals surface area contributed by atoms with Gasteiger partial charge in [0.1, 0.15) is 17.8 Å². The van der Waals surface area contributed by atoms with Crippen LogP contribution in [-0.2, 0) is 7.05 Å². The highest BCUT2D eigenvalue weighted by atomic mass is 16.3. The highest BCUT2D eigenvalue weighted by molar-refractivity contribution is 5.86. The third-order valence-electron chi connectivity index (χ3n) is 4.35. The van der Waals surface area contributed by atoms with E-state index in [9.17, 15) is 5.11 Å². The second-order valence-corrected chi connectivity index (χ2v) is 5.92. The Morgan fingerprint density at radius 3 is 3.00 bits per heavy atom. The maximum absolute atomic E-state index is 9.64. The van der Waals surface area contributed by atoms with E-state index in [4.69, 9.17) is 0 Å². The van der Waals surface area contributed by atoms with Crippen LogP contribution in [0.4, 0.5) is 5.82 Å². The van der Waals surface area contributed by atoms with E-state index in [1.165, 1.54) is 0 Å². The van der Waals surface area contributed by atoms with Crippen molar-refractivity contribution in [1.29, 1.82) is 0 Å². The summed E-state index contributed by atoms with van der Waals surface area (Å²) < 4.78 is 1.80. The smallest absolute Gasteiger partial charge is 0.142 e. The van der Waals surface area contributed by atoms with Gasteiger partial charge in [0.05, 0.1) is 23.7 Å². The molecule has 0 amide bonds. The van der Waals surface area contributed by atoms with Gasteiger partial charge in [-0.1, -0.05) is 0 Å². The monoisotopic (exact) mass is 298 g/mol. The molecule has 0 radical (unpaired) electrons. The van der Waals surface area contributed by atoms with Crippen molar-refractivity contribution in [2.45, 2.75) is 25.0 Å². The molecule has 3 N–H and O–H groups in total. The minimum absolute atomic E-state index is 0.0881. The fraction of sp³-hybridized carbons (Fsp3) is 0.400. The summed E-state index contributed by atoms with van der Waals surface area (Å²) in [5, 5.41) is 18.4. The number of rotatable bonds is 4. The molecule has 1 aliphatic carbocycles. The predicted molar refractivity (Wildman–Crippen MR) is 82.2 cm³/mol. The Bertz CT molecular complexity index is 788. The summed E-state index contributed by atoms with van der Waals surface area (Å²) in [7, 11) is 1.91. The summed E-state index contributed by atoms with van der Waals surface area (Å²) in [4.78, 5) is 11.7. The quantitative estimate of drug-likeness (QED) is 0.680. The van der Waals surface area contributed by atoms with Gasteiger partial charge in [0.25, 0.3) is 0 Å². The fourth-order valence-electron chi connectivity index (χ4n) is 3.11. The maximum atomic E-state index is 9.64. The summed E-state index contributed by atoms with van der Waals surface area (Å²) in [6, 6.07) is 2.05. The van der Waals surface area contributed by atoms with E-state index < -0.39 is 0 Å². The van der Waals surface area contributed by atoms with E-state index in [2.05, 4.69) is 25.4 Å². The van der Waals surface area contributed by atoms with Gasteiger partial charge in [0, 0.05) is 25.0 Å². The molecular formula is C15H18N6O. The number of aryl methyl sites for hydroxylation is 1. The van der Waals surface area contributed by atoms with Crippen molar-refractivity contribution in [3.63, 3.8) is 0 Å². The van der Waals surface area contributed by atoms with Crippen molar-refractivity contribution >= 4 is 16.9 Å². The van der Waals surface area contributed by atoms with Gasteiger partial charge in [-0.25, -0.2) is 9.97 Å². The van der Waals surface area contributed by atoms with Gasteiger partial charge in [-0.3, -0.25) is 4.68 Å². The number of nitrogens with zero attached hydrogens (tertiary/aromatic N) is 4. The molecule has 1 saturated carbocycles. The first-order valence-corrected chi connectivity index (χ1v) is 7.42. The van der Waals surface area contributed by atoms with Crippen LogP contribution < -0.4 is 5.32 Å². The van der Waals surface area contributed by atoms with Gasteiger partial charge >= 0.3 is 0 Å². The van der Waals surface area contributed by atoms with E-state index >= 15 is 0 Å². The molecule has 22 heavy (non-hydrogen) atoms.